The average molecular weight is 274 g/mol. The standard InChI is InChI=1S/C10H14N2O3S2/c1-15-9-4-2-8(3-5-9)6-12-17(13,14)7-10(11)16/h2-5,12H,6-7H2,1H3,(H2,11,16). The smallest absolute Gasteiger partial charge is 0.218 e. The Bertz CT molecular complexity index is 483. The summed E-state index contributed by atoms with van der Waals surface area (Å²) in [5.74, 6) is 0.387. The molecule has 0 spiro atoms. The molecule has 0 fully saturated rings. The van der Waals surface area contributed by atoms with E-state index < -0.39 is 10.0 Å². The minimum Gasteiger partial charge on any atom is -0.497 e. The summed E-state index contributed by atoms with van der Waals surface area (Å²) in [5.41, 5.74) is 6.01. The molecule has 1 aromatic rings. The first-order valence-corrected chi connectivity index (χ1v) is 6.87. The van der Waals surface area contributed by atoms with E-state index in [1.807, 2.05) is 0 Å². The van der Waals surface area contributed by atoms with Gasteiger partial charge in [-0.3, -0.25) is 0 Å². The van der Waals surface area contributed by atoms with Crippen LogP contribution in [0.3, 0.4) is 0 Å². The van der Waals surface area contributed by atoms with Crippen LogP contribution in [0.15, 0.2) is 24.3 Å². The van der Waals surface area contributed by atoms with Crippen LogP contribution < -0.4 is 15.2 Å². The van der Waals surface area contributed by atoms with E-state index in [2.05, 4.69) is 16.9 Å². The number of nitrogens with two attached hydrogens (primary N) is 1. The van der Waals surface area contributed by atoms with Crippen molar-refractivity contribution in [1.29, 1.82) is 0 Å². The number of sulfonamides is 1. The second kappa shape index (κ2) is 5.95. The number of thiocarbonyl (C=S) groups is 1. The van der Waals surface area contributed by atoms with Crippen molar-refractivity contribution in [1.82, 2.24) is 4.72 Å². The molecule has 0 heterocycles. The zero-order valence-corrected chi connectivity index (χ0v) is 11.0. The Kier molecular flexibility index (Phi) is 4.86. The molecule has 0 amide bonds. The highest BCUT2D eigenvalue weighted by molar-refractivity contribution is 7.92. The Morgan fingerprint density at radius 1 is 1.41 bits per heavy atom. The van der Waals surface area contributed by atoms with Gasteiger partial charge < -0.3 is 10.5 Å². The van der Waals surface area contributed by atoms with E-state index in [1.165, 1.54) is 0 Å². The molecule has 0 aliphatic rings. The van der Waals surface area contributed by atoms with Crippen LogP contribution in [-0.4, -0.2) is 26.3 Å². The van der Waals surface area contributed by atoms with E-state index in [0.717, 1.165) is 11.3 Å². The number of methoxy groups -OCH3 is 1. The molecule has 0 aromatic heterocycles. The second-order valence-corrected chi connectivity index (χ2v) is 5.73. The molecule has 0 saturated carbocycles. The van der Waals surface area contributed by atoms with Gasteiger partial charge >= 0.3 is 0 Å². The van der Waals surface area contributed by atoms with Gasteiger partial charge in [0.2, 0.25) is 10.0 Å². The van der Waals surface area contributed by atoms with E-state index in [-0.39, 0.29) is 17.3 Å². The highest BCUT2D eigenvalue weighted by Gasteiger charge is 2.11. The molecule has 5 nitrogen and oxygen atoms in total. The largest absolute Gasteiger partial charge is 0.497 e. The summed E-state index contributed by atoms with van der Waals surface area (Å²) in [6.45, 7) is 0.203. The molecule has 0 bridgehead atoms. The van der Waals surface area contributed by atoms with Crippen LogP contribution in [0.5, 0.6) is 5.75 Å². The van der Waals surface area contributed by atoms with E-state index in [4.69, 9.17) is 10.5 Å². The van der Waals surface area contributed by atoms with Gasteiger partial charge in [0.15, 0.2) is 0 Å². The zero-order chi connectivity index (χ0) is 12.9. The molecular formula is C10H14N2O3S2. The van der Waals surface area contributed by atoms with Crippen LogP contribution in [0.1, 0.15) is 5.56 Å². The van der Waals surface area contributed by atoms with E-state index >= 15 is 0 Å². The molecule has 0 aliphatic heterocycles. The van der Waals surface area contributed by atoms with Crippen molar-refractivity contribution < 1.29 is 13.2 Å². The van der Waals surface area contributed by atoms with Crippen molar-refractivity contribution in [2.75, 3.05) is 12.9 Å². The topological polar surface area (TPSA) is 81.4 Å². The molecule has 0 saturated heterocycles. The second-order valence-electron chi connectivity index (χ2n) is 3.39. The molecule has 0 aliphatic carbocycles. The van der Waals surface area contributed by atoms with Crippen molar-refractivity contribution in [2.45, 2.75) is 6.54 Å². The van der Waals surface area contributed by atoms with E-state index in [9.17, 15) is 8.42 Å². The van der Waals surface area contributed by atoms with Crippen molar-refractivity contribution >= 4 is 27.2 Å². The molecule has 0 unspecified atom stereocenters. The fourth-order valence-electron chi connectivity index (χ4n) is 1.17. The van der Waals surface area contributed by atoms with Gasteiger partial charge in [0, 0.05) is 6.54 Å². The average Bonchev–Trinajstić information content (AvgIpc) is 2.25. The molecule has 3 N–H and O–H groups in total. The van der Waals surface area contributed by atoms with Crippen molar-refractivity contribution in [3.05, 3.63) is 29.8 Å². The Morgan fingerprint density at radius 2 is 2.00 bits per heavy atom. The molecule has 1 aromatic carbocycles. The molecule has 1 rings (SSSR count). The maximum Gasteiger partial charge on any atom is 0.218 e. The molecule has 17 heavy (non-hydrogen) atoms. The third-order valence-electron chi connectivity index (χ3n) is 1.99. The molecule has 7 heteroatoms. The number of hydrogen-bond acceptors (Lipinski definition) is 4. The Balaban J connectivity index is 2.58. The molecule has 0 radical (unpaired) electrons. The highest BCUT2D eigenvalue weighted by atomic mass is 32.2. The van der Waals surface area contributed by atoms with Crippen LogP contribution >= 0.6 is 12.2 Å². The zero-order valence-electron chi connectivity index (χ0n) is 9.34. The van der Waals surface area contributed by atoms with Crippen LogP contribution in [0.25, 0.3) is 0 Å². The summed E-state index contributed by atoms with van der Waals surface area (Å²) in [5, 5.41) is 0. The third kappa shape index (κ3) is 5.12. The summed E-state index contributed by atoms with van der Waals surface area (Å²) >= 11 is 4.55. The monoisotopic (exact) mass is 274 g/mol. The first-order valence-electron chi connectivity index (χ1n) is 4.81. The number of hydrogen-bond donors (Lipinski definition) is 2. The maximum absolute atomic E-state index is 11.4. The SMILES string of the molecule is COc1ccc(CNS(=O)(=O)CC(N)=S)cc1. The minimum absolute atomic E-state index is 0.0489. The van der Waals surface area contributed by atoms with Crippen LogP contribution in [0.4, 0.5) is 0 Å². The lowest BCUT2D eigenvalue weighted by Crippen LogP contribution is -2.31. The summed E-state index contributed by atoms with van der Waals surface area (Å²) in [6, 6.07) is 7.08. The molecule has 0 atom stereocenters. The van der Waals surface area contributed by atoms with Crippen molar-refractivity contribution in [2.24, 2.45) is 5.73 Å². The van der Waals surface area contributed by atoms with Gasteiger partial charge in [0.25, 0.3) is 0 Å². The number of benzene rings is 1. The van der Waals surface area contributed by atoms with Gasteiger partial charge in [-0.25, -0.2) is 13.1 Å². The van der Waals surface area contributed by atoms with Gasteiger partial charge in [0.1, 0.15) is 11.5 Å². The third-order valence-corrected chi connectivity index (χ3v) is 3.59. The predicted octanol–water partition coefficient (Wildman–Crippen LogP) is 0.401. The first-order chi connectivity index (χ1) is 7.93. The predicted molar refractivity (Wildman–Crippen MR) is 70.4 cm³/mol. The number of rotatable bonds is 6. The maximum atomic E-state index is 11.4. The lowest BCUT2D eigenvalue weighted by atomic mass is 10.2. The van der Waals surface area contributed by atoms with Crippen LogP contribution in [0, 0.1) is 0 Å². The van der Waals surface area contributed by atoms with Gasteiger partial charge in [0.05, 0.1) is 12.1 Å². The Hall–Kier alpha value is -1.18. The lowest BCUT2D eigenvalue weighted by molar-refractivity contribution is 0.414. The quantitative estimate of drug-likeness (QED) is 0.734. The Morgan fingerprint density at radius 3 is 2.47 bits per heavy atom. The lowest BCUT2D eigenvalue weighted by Gasteiger charge is -2.06. The summed E-state index contributed by atoms with van der Waals surface area (Å²) in [7, 11) is -1.87. The fraction of sp³-hybridized carbons (Fsp3) is 0.300. The van der Waals surface area contributed by atoms with E-state index in [0.29, 0.717) is 0 Å². The van der Waals surface area contributed by atoms with Crippen molar-refractivity contribution in [3.63, 3.8) is 0 Å². The van der Waals surface area contributed by atoms with Gasteiger partial charge in [-0.2, -0.15) is 0 Å². The molecule has 94 valence electrons. The van der Waals surface area contributed by atoms with Crippen LogP contribution in [-0.2, 0) is 16.6 Å². The van der Waals surface area contributed by atoms with E-state index in [1.54, 1.807) is 31.4 Å². The summed E-state index contributed by atoms with van der Waals surface area (Å²) in [6.07, 6.45) is 0. The summed E-state index contributed by atoms with van der Waals surface area (Å²) < 4.78 is 30.3. The minimum atomic E-state index is -3.44. The Labute approximate surface area is 106 Å². The van der Waals surface area contributed by atoms with Gasteiger partial charge in [-0.15, -0.1) is 0 Å². The number of nitrogens with one attached hydrogen (secondary N) is 1. The van der Waals surface area contributed by atoms with Crippen molar-refractivity contribution in [3.8, 4) is 5.75 Å². The van der Waals surface area contributed by atoms with Gasteiger partial charge in [-0.1, -0.05) is 24.4 Å². The highest BCUT2D eigenvalue weighted by Crippen LogP contribution is 2.11. The summed E-state index contributed by atoms with van der Waals surface area (Å²) in [4.78, 5) is -0.0489. The first kappa shape index (κ1) is 13.9. The van der Waals surface area contributed by atoms with Gasteiger partial charge in [-0.05, 0) is 17.7 Å². The molecular weight excluding hydrogens is 260 g/mol. The normalized spacial score (nSPS) is 11.1. The fourth-order valence-corrected chi connectivity index (χ4v) is 2.50. The van der Waals surface area contributed by atoms with Crippen LogP contribution in [0.2, 0.25) is 0 Å². The number of ether oxygens (including phenoxy) is 1.